The van der Waals surface area contributed by atoms with E-state index in [0.717, 1.165) is 6.54 Å². The van der Waals surface area contributed by atoms with Crippen molar-refractivity contribution in [1.82, 2.24) is 10.6 Å². The molecule has 0 saturated carbocycles. The number of carbonyl (C=O) groups is 2. The van der Waals surface area contributed by atoms with Crippen LogP contribution in [0.15, 0.2) is 30.3 Å². The number of carbonyl (C=O) groups excluding carboxylic acids is 2. The summed E-state index contributed by atoms with van der Waals surface area (Å²) in [6, 6.07) is 10.1. The van der Waals surface area contributed by atoms with Crippen molar-refractivity contribution in [1.29, 1.82) is 0 Å². The van der Waals surface area contributed by atoms with Gasteiger partial charge in [-0.15, -0.1) is 0 Å². The Morgan fingerprint density at radius 1 is 1.35 bits per heavy atom. The van der Waals surface area contributed by atoms with Gasteiger partial charge in [-0.2, -0.15) is 0 Å². The Labute approximate surface area is 101 Å². The van der Waals surface area contributed by atoms with Gasteiger partial charge in [0.1, 0.15) is 6.29 Å². The van der Waals surface area contributed by atoms with Gasteiger partial charge in [0.15, 0.2) is 0 Å². The molecule has 0 radical (unpaired) electrons. The molecule has 1 unspecified atom stereocenters. The Hall–Kier alpha value is -1.68. The van der Waals surface area contributed by atoms with E-state index in [1.165, 1.54) is 5.56 Å². The molecule has 17 heavy (non-hydrogen) atoms. The van der Waals surface area contributed by atoms with Crippen molar-refractivity contribution in [2.45, 2.75) is 12.8 Å². The molecule has 4 nitrogen and oxygen atoms in total. The van der Waals surface area contributed by atoms with Gasteiger partial charge >= 0.3 is 0 Å². The van der Waals surface area contributed by atoms with Crippen LogP contribution >= 0.6 is 0 Å². The van der Waals surface area contributed by atoms with Gasteiger partial charge < -0.3 is 15.4 Å². The lowest BCUT2D eigenvalue weighted by Crippen LogP contribution is -2.36. The van der Waals surface area contributed by atoms with E-state index in [9.17, 15) is 9.59 Å². The molecular weight excluding hydrogens is 216 g/mol. The predicted octanol–water partition coefficient (Wildman–Crippen LogP) is 0.695. The van der Waals surface area contributed by atoms with Crippen molar-refractivity contribution in [2.75, 3.05) is 19.6 Å². The Bertz CT molecular complexity index is 352. The van der Waals surface area contributed by atoms with Crippen LogP contribution in [0.2, 0.25) is 0 Å². The molecule has 0 saturated heterocycles. The zero-order valence-corrected chi connectivity index (χ0v) is 9.98. The fourth-order valence-electron chi connectivity index (χ4n) is 1.52. The third-order valence-corrected chi connectivity index (χ3v) is 2.49. The zero-order chi connectivity index (χ0) is 12.5. The summed E-state index contributed by atoms with van der Waals surface area (Å²) < 4.78 is 0. The third kappa shape index (κ3) is 5.26. The van der Waals surface area contributed by atoms with Crippen molar-refractivity contribution < 1.29 is 9.59 Å². The molecule has 2 N–H and O–H groups in total. The Morgan fingerprint density at radius 2 is 2.06 bits per heavy atom. The molecule has 1 aromatic carbocycles. The number of amides is 1. The number of nitrogens with one attached hydrogen (secondary N) is 2. The SMILES string of the molecule is CC(CNCC(=O)NCC=O)c1ccccc1. The van der Waals surface area contributed by atoms with E-state index in [4.69, 9.17) is 0 Å². The average molecular weight is 234 g/mol. The van der Waals surface area contributed by atoms with E-state index < -0.39 is 0 Å². The first-order chi connectivity index (χ1) is 8.24. The maximum absolute atomic E-state index is 11.2. The molecule has 1 rings (SSSR count). The summed E-state index contributed by atoms with van der Waals surface area (Å²) in [7, 11) is 0. The number of hydrogen-bond donors (Lipinski definition) is 2. The normalized spacial score (nSPS) is 11.8. The maximum atomic E-state index is 11.2. The molecule has 1 aromatic rings. The molecule has 0 heterocycles. The van der Waals surface area contributed by atoms with E-state index in [2.05, 4.69) is 29.7 Å². The van der Waals surface area contributed by atoms with Crippen molar-refractivity contribution in [3.05, 3.63) is 35.9 Å². The van der Waals surface area contributed by atoms with Crippen molar-refractivity contribution >= 4 is 12.2 Å². The summed E-state index contributed by atoms with van der Waals surface area (Å²) in [5.74, 6) is 0.201. The first kappa shape index (κ1) is 13.4. The fraction of sp³-hybridized carbons (Fsp3) is 0.385. The number of rotatable bonds is 7. The molecule has 0 aromatic heterocycles. The van der Waals surface area contributed by atoms with Crippen LogP contribution in [0.1, 0.15) is 18.4 Å². The van der Waals surface area contributed by atoms with Gasteiger partial charge in [-0.3, -0.25) is 4.79 Å². The quantitative estimate of drug-likeness (QED) is 0.683. The van der Waals surface area contributed by atoms with Gasteiger partial charge in [-0.05, 0) is 11.5 Å². The second-order valence-electron chi connectivity index (χ2n) is 3.91. The lowest BCUT2D eigenvalue weighted by molar-refractivity contribution is -0.121. The lowest BCUT2D eigenvalue weighted by Gasteiger charge is -2.12. The minimum atomic E-state index is -0.155. The molecule has 0 aliphatic heterocycles. The molecular formula is C13H18N2O2. The molecule has 92 valence electrons. The number of aldehydes is 1. The van der Waals surface area contributed by atoms with Crippen molar-refractivity contribution in [3.63, 3.8) is 0 Å². The monoisotopic (exact) mass is 234 g/mol. The standard InChI is InChI=1S/C13H18N2O2/c1-11(12-5-3-2-4-6-12)9-14-10-13(17)15-7-8-16/h2-6,8,11,14H,7,9-10H2,1H3,(H,15,17). The predicted molar refractivity (Wildman–Crippen MR) is 66.8 cm³/mol. The van der Waals surface area contributed by atoms with Gasteiger partial charge in [0.05, 0.1) is 13.1 Å². The molecule has 4 heteroatoms. The zero-order valence-electron chi connectivity index (χ0n) is 9.98. The summed E-state index contributed by atoms with van der Waals surface area (Å²) in [5.41, 5.74) is 1.24. The van der Waals surface area contributed by atoms with E-state index in [0.29, 0.717) is 12.2 Å². The lowest BCUT2D eigenvalue weighted by atomic mass is 10.0. The van der Waals surface area contributed by atoms with Crippen LogP contribution in [-0.2, 0) is 9.59 Å². The third-order valence-electron chi connectivity index (χ3n) is 2.49. The summed E-state index contributed by atoms with van der Waals surface area (Å²) in [5, 5.41) is 5.54. The Kier molecular flexibility index (Phi) is 5.96. The van der Waals surface area contributed by atoms with Crippen LogP contribution in [-0.4, -0.2) is 31.8 Å². The second-order valence-corrected chi connectivity index (χ2v) is 3.91. The highest BCUT2D eigenvalue weighted by Crippen LogP contribution is 2.12. The van der Waals surface area contributed by atoms with E-state index in [1.54, 1.807) is 0 Å². The first-order valence-corrected chi connectivity index (χ1v) is 5.70. The molecule has 0 spiro atoms. The molecule has 1 amide bonds. The van der Waals surface area contributed by atoms with E-state index in [-0.39, 0.29) is 19.0 Å². The highest BCUT2D eigenvalue weighted by atomic mass is 16.2. The van der Waals surface area contributed by atoms with Crippen LogP contribution in [0, 0.1) is 0 Å². The van der Waals surface area contributed by atoms with E-state index >= 15 is 0 Å². The summed E-state index contributed by atoms with van der Waals surface area (Å²) in [4.78, 5) is 21.2. The van der Waals surface area contributed by atoms with Crippen LogP contribution in [0.25, 0.3) is 0 Å². The average Bonchev–Trinajstić information content (AvgIpc) is 2.37. The van der Waals surface area contributed by atoms with Crippen molar-refractivity contribution in [3.8, 4) is 0 Å². The first-order valence-electron chi connectivity index (χ1n) is 5.70. The maximum Gasteiger partial charge on any atom is 0.234 e. The summed E-state index contributed by atoms with van der Waals surface area (Å²) in [6.07, 6.45) is 0.671. The molecule has 0 fully saturated rings. The summed E-state index contributed by atoms with van der Waals surface area (Å²) >= 11 is 0. The highest BCUT2D eigenvalue weighted by molar-refractivity contribution is 5.80. The van der Waals surface area contributed by atoms with Crippen LogP contribution < -0.4 is 10.6 Å². The van der Waals surface area contributed by atoms with Gasteiger partial charge in [0.2, 0.25) is 5.91 Å². The molecule has 0 aliphatic rings. The van der Waals surface area contributed by atoms with Gasteiger partial charge in [0, 0.05) is 6.54 Å². The summed E-state index contributed by atoms with van der Waals surface area (Å²) in [6.45, 7) is 3.16. The number of hydrogen-bond acceptors (Lipinski definition) is 3. The number of benzene rings is 1. The van der Waals surface area contributed by atoms with E-state index in [1.807, 2.05) is 18.2 Å². The van der Waals surface area contributed by atoms with Crippen LogP contribution in [0.4, 0.5) is 0 Å². The highest BCUT2D eigenvalue weighted by Gasteiger charge is 2.05. The van der Waals surface area contributed by atoms with Crippen LogP contribution in [0.3, 0.4) is 0 Å². The smallest absolute Gasteiger partial charge is 0.234 e. The minimum absolute atomic E-state index is 0.0781. The Balaban J connectivity index is 2.22. The molecule has 1 atom stereocenters. The van der Waals surface area contributed by atoms with Gasteiger partial charge in [-0.1, -0.05) is 37.3 Å². The Morgan fingerprint density at radius 3 is 2.71 bits per heavy atom. The molecule has 0 bridgehead atoms. The molecule has 0 aliphatic carbocycles. The second kappa shape index (κ2) is 7.57. The van der Waals surface area contributed by atoms with Crippen LogP contribution in [0.5, 0.6) is 0 Å². The minimum Gasteiger partial charge on any atom is -0.348 e. The van der Waals surface area contributed by atoms with Gasteiger partial charge in [0.25, 0.3) is 0 Å². The largest absolute Gasteiger partial charge is 0.348 e. The van der Waals surface area contributed by atoms with Gasteiger partial charge in [-0.25, -0.2) is 0 Å². The fourth-order valence-corrected chi connectivity index (χ4v) is 1.52. The van der Waals surface area contributed by atoms with Crippen molar-refractivity contribution in [2.24, 2.45) is 0 Å². The topological polar surface area (TPSA) is 58.2 Å².